The molecule has 5 N–H and O–H groups in total. The molecule has 0 spiro atoms. The van der Waals surface area contributed by atoms with Crippen LogP contribution in [0.2, 0.25) is 0 Å². The number of amides is 4. The number of para-hydroxylation sites is 1. The minimum atomic E-state index is -3.12. The lowest BCUT2D eigenvalue weighted by Crippen LogP contribution is -2.37. The molecular formula is C50H77N7O18P2. The molecule has 2 aromatic carbocycles. The second kappa shape index (κ2) is 37.3. The second-order valence-electron chi connectivity index (χ2n) is 17.8. The average molecular weight is 1130 g/mol. The molecule has 77 heavy (non-hydrogen) atoms. The molecule has 5 rings (SSSR count). The van der Waals surface area contributed by atoms with Gasteiger partial charge in [-0.2, -0.15) is 0 Å². The Bertz CT molecular complexity index is 2280. The van der Waals surface area contributed by atoms with Crippen molar-refractivity contribution in [2.75, 3.05) is 130 Å². The fraction of sp³-hybridized carbons (Fsp3) is 0.640. The zero-order valence-corrected chi connectivity index (χ0v) is 45.7. The molecule has 3 heterocycles. The van der Waals surface area contributed by atoms with Gasteiger partial charge in [0.05, 0.1) is 142 Å². The van der Waals surface area contributed by atoms with Crippen molar-refractivity contribution in [2.45, 2.75) is 83.0 Å². The number of hydrogen-bond donors (Lipinski definition) is 5. The monoisotopic (exact) mass is 1130 g/mol. The number of fused-ring (bicyclic) bond motifs is 5. The molecule has 0 aliphatic carbocycles. The topological polar surface area (TPSA) is 307 Å². The molecule has 2 aliphatic heterocycles. The minimum absolute atomic E-state index is 0.0398. The molecule has 2 unspecified atom stereocenters. The lowest BCUT2D eigenvalue weighted by Gasteiger charge is -2.29. The highest BCUT2D eigenvalue weighted by Crippen LogP contribution is 2.41. The molecule has 4 atom stereocenters. The highest BCUT2D eigenvalue weighted by Gasteiger charge is 2.36. The third-order valence-corrected chi connectivity index (χ3v) is 13.2. The summed E-state index contributed by atoms with van der Waals surface area (Å²) in [5, 5.41) is 24.4. The van der Waals surface area contributed by atoms with E-state index in [0.717, 1.165) is 28.8 Å². The Hall–Kier alpha value is -4.56. The molecular weight excluding hydrogens is 1050 g/mol. The number of benzene rings is 2. The van der Waals surface area contributed by atoms with E-state index in [4.69, 9.17) is 47.5 Å². The van der Waals surface area contributed by atoms with E-state index in [2.05, 4.69) is 25.5 Å². The molecule has 1 aromatic heterocycles. The first-order valence-corrected chi connectivity index (χ1v) is 28.7. The van der Waals surface area contributed by atoms with Crippen molar-refractivity contribution in [3.8, 4) is 22.5 Å². The van der Waals surface area contributed by atoms with Crippen LogP contribution in [0.1, 0.15) is 63.4 Å². The molecule has 0 bridgehead atoms. The van der Waals surface area contributed by atoms with E-state index in [1.807, 2.05) is 48.5 Å². The zero-order valence-electron chi connectivity index (χ0n) is 43.7. The van der Waals surface area contributed by atoms with Crippen molar-refractivity contribution in [3.63, 3.8) is 0 Å². The van der Waals surface area contributed by atoms with Crippen molar-refractivity contribution >= 4 is 45.8 Å². The van der Waals surface area contributed by atoms with E-state index in [9.17, 15) is 33.4 Å². The van der Waals surface area contributed by atoms with Crippen molar-refractivity contribution in [1.29, 1.82) is 0 Å². The van der Waals surface area contributed by atoms with Crippen LogP contribution in [0.15, 0.2) is 48.5 Å². The molecule has 2 aliphatic rings. The summed E-state index contributed by atoms with van der Waals surface area (Å²) >= 11 is 0. The fourth-order valence-corrected chi connectivity index (χ4v) is 9.22. The highest BCUT2D eigenvalue weighted by atomic mass is 31.1. The summed E-state index contributed by atoms with van der Waals surface area (Å²) in [5.74, 6) is -0.551. The summed E-state index contributed by atoms with van der Waals surface area (Å²) in [6, 6.07) is 15.1. The molecule has 25 nitrogen and oxygen atoms in total. The molecule has 1 saturated heterocycles. The third kappa shape index (κ3) is 23.7. The number of unbranched alkanes of at least 4 members (excludes halogenated alkanes) is 2. The van der Waals surface area contributed by atoms with Gasteiger partial charge in [-0.15, -0.1) is 5.10 Å². The summed E-state index contributed by atoms with van der Waals surface area (Å²) in [5.41, 5.74) is 4.77. The summed E-state index contributed by atoms with van der Waals surface area (Å²) in [7, 11) is -6.06. The Kier molecular flexibility index (Phi) is 30.7. The Morgan fingerprint density at radius 3 is 1.87 bits per heavy atom. The summed E-state index contributed by atoms with van der Waals surface area (Å²) < 4.78 is 71.6. The molecule has 3 aromatic rings. The van der Waals surface area contributed by atoms with Crippen LogP contribution < -0.4 is 15.5 Å². The maximum Gasteiger partial charge on any atom is 0.316 e. The van der Waals surface area contributed by atoms with Crippen LogP contribution in [0.3, 0.4) is 0 Å². The highest BCUT2D eigenvalue weighted by molar-refractivity contribution is 7.32. The van der Waals surface area contributed by atoms with Gasteiger partial charge >= 0.3 is 16.5 Å². The van der Waals surface area contributed by atoms with Gasteiger partial charge in [-0.25, -0.2) is 4.68 Å². The summed E-state index contributed by atoms with van der Waals surface area (Å²) in [4.78, 5) is 72.3. The van der Waals surface area contributed by atoms with Gasteiger partial charge in [0.2, 0.25) is 23.6 Å². The first-order chi connectivity index (χ1) is 37.5. The molecule has 0 saturated carbocycles. The van der Waals surface area contributed by atoms with Crippen LogP contribution in [0.4, 0.5) is 5.69 Å². The lowest BCUT2D eigenvalue weighted by molar-refractivity contribution is -0.133. The first-order valence-electron chi connectivity index (χ1n) is 26.2. The number of aromatic nitrogens is 3. The third-order valence-electron chi connectivity index (χ3n) is 12.2. The number of ether oxygens (including phenoxy) is 7. The number of anilines is 1. The summed E-state index contributed by atoms with van der Waals surface area (Å²) in [6.07, 6.45) is 3.02. The zero-order chi connectivity index (χ0) is 54.9. The SMILES string of the molecule is O=C(CCCC(=O)N1Cc2ccccc2-c2nnn(CCOCCOCCOCCOCCC(=O)NCCCCCC(=O)N3C[C@H](O[PH](=O)O)C[C@H]3CO)c2-c2ccccc21)NCCOCCOCCOCCO[PH](=O)O. The number of carbonyl (C=O) groups excluding carboxylic acids is 4. The molecule has 1 fully saturated rings. The Labute approximate surface area is 450 Å². The van der Waals surface area contributed by atoms with Crippen LogP contribution in [-0.2, 0) is 83.6 Å². The van der Waals surface area contributed by atoms with Gasteiger partial charge in [-0.05, 0) is 37.3 Å². The average Bonchev–Trinajstić information content (AvgIpc) is 4.17. The van der Waals surface area contributed by atoms with Gasteiger partial charge in [-0.3, -0.25) is 28.3 Å². The van der Waals surface area contributed by atoms with E-state index in [1.165, 1.54) is 4.90 Å². The normalized spacial score (nSPS) is 15.8. The van der Waals surface area contributed by atoms with Gasteiger partial charge < -0.3 is 77.5 Å². The van der Waals surface area contributed by atoms with E-state index < -0.39 is 28.7 Å². The number of aliphatic hydroxyl groups is 1. The molecule has 27 heteroatoms. The maximum absolute atomic E-state index is 14.0. The Morgan fingerprint density at radius 2 is 1.19 bits per heavy atom. The van der Waals surface area contributed by atoms with Gasteiger partial charge in [0.15, 0.2) is 0 Å². The summed E-state index contributed by atoms with van der Waals surface area (Å²) in [6.45, 7) is 6.05. The predicted octanol–water partition coefficient (Wildman–Crippen LogP) is 2.69. The Morgan fingerprint density at radius 1 is 0.610 bits per heavy atom. The van der Waals surface area contributed by atoms with Crippen LogP contribution in [0.5, 0.6) is 0 Å². The lowest BCUT2D eigenvalue weighted by atomic mass is 9.95. The number of likely N-dealkylation sites (tertiary alicyclic amines) is 1. The number of hydrogen-bond acceptors (Lipinski definition) is 18. The standard InChI is InChI=1S/C50H77N7O18P2/c58-38-40-35-41(75-77(65)66)37-55(40)47(61)14-2-1-7-17-51-46(60)16-20-67-23-26-70-29-30-72-28-25-69-22-19-57-50-43-11-5-6-12-44(43)56(36-39-9-3-4-10-42(39)49(50)53-54-57)48(62)15-8-13-45(59)52-18-21-68-24-27-71-31-32-73-33-34-74-76(63)64/h3-6,9-12,40-41,58,76-77H,1-2,7-8,13-38H2,(H,51,60)(H,52,59)(H,63,64)(H,65,66)/t40-,41+/m0/s1. The Balaban J connectivity index is 0.901. The van der Waals surface area contributed by atoms with E-state index in [-0.39, 0.29) is 82.3 Å². The molecule has 430 valence electrons. The quantitative estimate of drug-likeness (QED) is 0.0403. The number of aliphatic hydroxyl groups excluding tert-OH is 1. The molecule has 0 radical (unpaired) electrons. The van der Waals surface area contributed by atoms with E-state index in [1.54, 1.807) is 9.58 Å². The van der Waals surface area contributed by atoms with Crippen LogP contribution in [0.25, 0.3) is 22.5 Å². The van der Waals surface area contributed by atoms with E-state index >= 15 is 0 Å². The van der Waals surface area contributed by atoms with Crippen LogP contribution in [0, 0.1) is 0 Å². The van der Waals surface area contributed by atoms with Crippen molar-refractivity contribution in [3.05, 3.63) is 54.1 Å². The second-order valence-corrected chi connectivity index (χ2v) is 19.4. The predicted molar refractivity (Wildman–Crippen MR) is 281 cm³/mol. The van der Waals surface area contributed by atoms with E-state index in [0.29, 0.717) is 143 Å². The minimum Gasteiger partial charge on any atom is -0.394 e. The fourth-order valence-electron chi connectivity index (χ4n) is 8.51. The van der Waals surface area contributed by atoms with Gasteiger partial charge in [-0.1, -0.05) is 54.1 Å². The number of rotatable bonds is 41. The number of carbonyl (C=O) groups is 4. The van der Waals surface area contributed by atoms with Crippen molar-refractivity contribution in [1.82, 2.24) is 30.5 Å². The van der Waals surface area contributed by atoms with Crippen molar-refractivity contribution < 1.29 is 85.4 Å². The van der Waals surface area contributed by atoms with Gasteiger partial charge in [0.25, 0.3) is 0 Å². The number of nitrogens with one attached hydrogen (secondary N) is 2. The van der Waals surface area contributed by atoms with Gasteiger partial charge in [0, 0.05) is 56.4 Å². The van der Waals surface area contributed by atoms with Crippen LogP contribution in [-0.4, -0.2) is 196 Å². The number of nitrogens with zero attached hydrogens (tertiary/aromatic N) is 5. The van der Waals surface area contributed by atoms with Crippen LogP contribution >= 0.6 is 16.5 Å². The maximum atomic E-state index is 14.0. The largest absolute Gasteiger partial charge is 0.394 e. The smallest absolute Gasteiger partial charge is 0.316 e. The van der Waals surface area contributed by atoms with Gasteiger partial charge in [0.1, 0.15) is 5.69 Å². The first kappa shape index (κ1) is 63.3. The molecule has 4 amide bonds. The van der Waals surface area contributed by atoms with Crippen molar-refractivity contribution in [2.24, 2.45) is 0 Å².